The molecule has 23 heavy (non-hydrogen) atoms. The zero-order valence-corrected chi connectivity index (χ0v) is 13.9. The highest BCUT2D eigenvalue weighted by atomic mass is 32.1. The fraction of sp³-hybridized carbons (Fsp3) is 0.471. The third kappa shape index (κ3) is 2.82. The van der Waals surface area contributed by atoms with Gasteiger partial charge in [-0.2, -0.15) is 0 Å². The highest BCUT2D eigenvalue weighted by molar-refractivity contribution is 7.14. The molecule has 2 aromatic heterocycles. The van der Waals surface area contributed by atoms with Gasteiger partial charge in [0, 0.05) is 17.8 Å². The first-order valence-electron chi connectivity index (χ1n) is 7.87. The number of hydrogen-bond donors (Lipinski definition) is 0. The maximum atomic E-state index is 13.0. The lowest BCUT2D eigenvalue weighted by Gasteiger charge is -2.34. The van der Waals surface area contributed by atoms with E-state index in [2.05, 4.69) is 0 Å². The Labute approximate surface area is 138 Å². The molecule has 1 atom stereocenters. The van der Waals surface area contributed by atoms with Gasteiger partial charge < -0.3 is 18.8 Å². The smallest absolute Gasteiger partial charge is 0.264 e. The number of furan rings is 1. The van der Waals surface area contributed by atoms with Gasteiger partial charge in [-0.1, -0.05) is 0 Å². The van der Waals surface area contributed by atoms with Crippen LogP contribution in [-0.4, -0.2) is 37.2 Å². The number of carbonyl (C=O) groups excluding carboxylic acids is 1. The molecule has 122 valence electrons. The zero-order chi connectivity index (χ0) is 15.8. The van der Waals surface area contributed by atoms with Crippen LogP contribution in [0, 0.1) is 6.92 Å². The summed E-state index contributed by atoms with van der Waals surface area (Å²) in [4.78, 5) is 16.9. The average molecular weight is 333 g/mol. The summed E-state index contributed by atoms with van der Waals surface area (Å²) < 4.78 is 16.8. The normalized spacial score (nSPS) is 21.3. The molecule has 6 heteroatoms. The van der Waals surface area contributed by atoms with E-state index in [-0.39, 0.29) is 11.9 Å². The summed E-state index contributed by atoms with van der Waals surface area (Å²) in [7, 11) is 0. The van der Waals surface area contributed by atoms with Crippen LogP contribution in [0.25, 0.3) is 0 Å². The van der Waals surface area contributed by atoms with E-state index in [1.807, 2.05) is 30.0 Å². The van der Waals surface area contributed by atoms with Crippen molar-refractivity contribution >= 4 is 17.2 Å². The highest BCUT2D eigenvalue weighted by Crippen LogP contribution is 2.32. The van der Waals surface area contributed by atoms with Gasteiger partial charge in [0.15, 0.2) is 0 Å². The molecule has 1 saturated heterocycles. The van der Waals surface area contributed by atoms with E-state index in [0.717, 1.165) is 35.0 Å². The molecule has 0 radical (unpaired) electrons. The molecule has 0 bridgehead atoms. The highest BCUT2D eigenvalue weighted by Gasteiger charge is 2.32. The minimum absolute atomic E-state index is 0.0618. The van der Waals surface area contributed by atoms with Crippen molar-refractivity contribution in [3.8, 4) is 0 Å². The molecule has 2 aromatic rings. The third-order valence-electron chi connectivity index (χ3n) is 4.32. The van der Waals surface area contributed by atoms with E-state index in [1.54, 1.807) is 11.3 Å². The van der Waals surface area contributed by atoms with E-state index in [1.165, 1.54) is 4.88 Å². The van der Waals surface area contributed by atoms with Gasteiger partial charge in [-0.3, -0.25) is 4.79 Å². The molecule has 1 unspecified atom stereocenters. The molecule has 2 aliphatic heterocycles. The average Bonchev–Trinajstić information content (AvgIpc) is 3.20. The third-order valence-corrected chi connectivity index (χ3v) is 5.54. The summed E-state index contributed by atoms with van der Waals surface area (Å²) in [5.74, 6) is 1.70. The van der Waals surface area contributed by atoms with Crippen LogP contribution in [0.4, 0.5) is 0 Å². The van der Waals surface area contributed by atoms with Crippen LogP contribution in [0.3, 0.4) is 0 Å². The molecule has 1 fully saturated rings. The number of fused-ring (bicyclic) bond motifs is 1. The minimum Gasteiger partial charge on any atom is -0.464 e. The summed E-state index contributed by atoms with van der Waals surface area (Å²) in [5.41, 5.74) is 1.16. The van der Waals surface area contributed by atoms with Gasteiger partial charge in [-0.25, -0.2) is 0 Å². The number of ether oxygens (including phenoxy) is 2. The van der Waals surface area contributed by atoms with Crippen LogP contribution in [0.5, 0.6) is 0 Å². The second-order valence-electron chi connectivity index (χ2n) is 5.90. The molecule has 0 saturated carbocycles. The number of amides is 1. The Morgan fingerprint density at radius 1 is 1.30 bits per heavy atom. The van der Waals surface area contributed by atoms with Crippen molar-refractivity contribution in [3.05, 3.63) is 45.0 Å². The van der Waals surface area contributed by atoms with Crippen molar-refractivity contribution in [2.24, 2.45) is 0 Å². The molecular formula is C17H19NO4S. The molecule has 2 aliphatic rings. The van der Waals surface area contributed by atoms with Crippen molar-refractivity contribution in [1.82, 2.24) is 4.90 Å². The van der Waals surface area contributed by atoms with Crippen LogP contribution < -0.4 is 0 Å². The Kier molecular flexibility index (Phi) is 3.97. The fourth-order valence-corrected chi connectivity index (χ4v) is 4.21. The number of rotatable bonds is 2. The Bertz CT molecular complexity index is 697. The van der Waals surface area contributed by atoms with Crippen LogP contribution in [-0.2, 0) is 22.5 Å². The standard InChI is InChI=1S/C17H19NO4S/c1-11-2-3-14(22-11)13-10-21-7-5-18(13)17(19)16-8-12-9-20-6-4-15(12)23-16/h2-3,8,13H,4-7,9-10H2,1H3. The Balaban J connectivity index is 1.61. The van der Waals surface area contributed by atoms with Crippen molar-refractivity contribution in [2.45, 2.75) is 26.0 Å². The van der Waals surface area contributed by atoms with E-state index in [4.69, 9.17) is 13.9 Å². The molecule has 5 nitrogen and oxygen atoms in total. The maximum Gasteiger partial charge on any atom is 0.264 e. The summed E-state index contributed by atoms with van der Waals surface area (Å²) >= 11 is 1.60. The number of carbonyl (C=O) groups is 1. The molecule has 0 aliphatic carbocycles. The SMILES string of the molecule is Cc1ccc(C2COCCN2C(=O)c2cc3c(s2)CCOC3)o1. The van der Waals surface area contributed by atoms with Crippen molar-refractivity contribution in [2.75, 3.05) is 26.4 Å². The monoisotopic (exact) mass is 333 g/mol. The minimum atomic E-state index is -0.152. The van der Waals surface area contributed by atoms with Gasteiger partial charge >= 0.3 is 0 Å². The van der Waals surface area contributed by atoms with Gasteiger partial charge in [-0.15, -0.1) is 11.3 Å². The second kappa shape index (κ2) is 6.11. The predicted molar refractivity (Wildman–Crippen MR) is 85.7 cm³/mol. The topological polar surface area (TPSA) is 51.9 Å². The maximum absolute atomic E-state index is 13.0. The number of aryl methyl sites for hydroxylation is 1. The van der Waals surface area contributed by atoms with Crippen LogP contribution in [0.2, 0.25) is 0 Å². The van der Waals surface area contributed by atoms with E-state index in [9.17, 15) is 4.79 Å². The lowest BCUT2D eigenvalue weighted by atomic mass is 10.1. The number of nitrogens with zero attached hydrogens (tertiary/aromatic N) is 1. The Morgan fingerprint density at radius 3 is 3.00 bits per heavy atom. The molecule has 0 spiro atoms. The summed E-state index contributed by atoms with van der Waals surface area (Å²) in [6, 6.07) is 5.69. The van der Waals surface area contributed by atoms with Crippen LogP contribution in [0.1, 0.15) is 37.7 Å². The zero-order valence-electron chi connectivity index (χ0n) is 13.0. The lowest BCUT2D eigenvalue weighted by molar-refractivity contribution is -0.00870. The number of hydrogen-bond acceptors (Lipinski definition) is 5. The first-order chi connectivity index (χ1) is 11.2. The fourth-order valence-electron chi connectivity index (χ4n) is 3.11. The molecule has 4 heterocycles. The summed E-state index contributed by atoms with van der Waals surface area (Å²) in [6.45, 7) is 4.90. The van der Waals surface area contributed by atoms with Crippen LogP contribution in [0.15, 0.2) is 22.6 Å². The van der Waals surface area contributed by atoms with E-state index < -0.39 is 0 Å². The molecule has 1 amide bonds. The largest absolute Gasteiger partial charge is 0.464 e. The number of morpholine rings is 1. The predicted octanol–water partition coefficient (Wildman–Crippen LogP) is 2.94. The van der Waals surface area contributed by atoms with Crippen molar-refractivity contribution in [1.29, 1.82) is 0 Å². The summed E-state index contributed by atoms with van der Waals surface area (Å²) in [6.07, 6.45) is 0.900. The molecule has 0 N–H and O–H groups in total. The molecular weight excluding hydrogens is 314 g/mol. The van der Waals surface area contributed by atoms with Gasteiger partial charge in [-0.05, 0) is 30.7 Å². The van der Waals surface area contributed by atoms with Gasteiger partial charge in [0.05, 0.1) is 31.3 Å². The quantitative estimate of drug-likeness (QED) is 0.848. The molecule has 4 rings (SSSR count). The first kappa shape index (κ1) is 14.9. The lowest BCUT2D eigenvalue weighted by Crippen LogP contribution is -2.43. The second-order valence-corrected chi connectivity index (χ2v) is 7.04. The van der Waals surface area contributed by atoms with E-state index >= 15 is 0 Å². The van der Waals surface area contributed by atoms with Crippen molar-refractivity contribution < 1.29 is 18.7 Å². The number of thiophene rings is 1. The van der Waals surface area contributed by atoms with Gasteiger partial charge in [0.1, 0.15) is 17.6 Å². The summed E-state index contributed by atoms with van der Waals surface area (Å²) in [5, 5.41) is 0. The first-order valence-corrected chi connectivity index (χ1v) is 8.68. The van der Waals surface area contributed by atoms with Crippen molar-refractivity contribution in [3.63, 3.8) is 0 Å². The Hall–Kier alpha value is -1.63. The van der Waals surface area contributed by atoms with Gasteiger partial charge in [0.2, 0.25) is 0 Å². The van der Waals surface area contributed by atoms with Gasteiger partial charge in [0.25, 0.3) is 5.91 Å². The molecule has 0 aromatic carbocycles. The van der Waals surface area contributed by atoms with Crippen LogP contribution >= 0.6 is 11.3 Å². The van der Waals surface area contributed by atoms with E-state index in [0.29, 0.717) is 26.4 Å². The Morgan fingerprint density at radius 2 is 2.22 bits per heavy atom.